The minimum Gasteiger partial charge on any atom is -0.385 e. The first kappa shape index (κ1) is 22.3. The van der Waals surface area contributed by atoms with Gasteiger partial charge in [-0.25, -0.2) is 4.68 Å². The fraction of sp³-hybridized carbons (Fsp3) is 0.400. The summed E-state index contributed by atoms with van der Waals surface area (Å²) in [6, 6.07) is 15.3. The lowest BCUT2D eigenvalue weighted by Gasteiger charge is -2.35. The highest BCUT2D eigenvalue weighted by Gasteiger charge is 2.28. The van der Waals surface area contributed by atoms with Gasteiger partial charge in [-0.3, -0.25) is 4.90 Å². The second-order valence-electron chi connectivity index (χ2n) is 8.91. The largest absolute Gasteiger partial charge is 0.385 e. The highest BCUT2D eigenvalue weighted by atomic mass is 35.5. The first-order valence-electron chi connectivity index (χ1n) is 10.8. The summed E-state index contributed by atoms with van der Waals surface area (Å²) < 4.78 is 1.85. The van der Waals surface area contributed by atoms with Crippen molar-refractivity contribution in [2.75, 3.05) is 19.6 Å². The Bertz CT molecular complexity index is 1040. The number of hydrogen-bond donors (Lipinski definition) is 1. The van der Waals surface area contributed by atoms with Gasteiger partial charge in [0, 0.05) is 35.8 Å². The van der Waals surface area contributed by atoms with Crippen molar-refractivity contribution >= 4 is 23.2 Å². The van der Waals surface area contributed by atoms with E-state index in [-0.39, 0.29) is 0 Å². The lowest BCUT2D eigenvalue weighted by atomic mass is 9.91. The zero-order valence-electron chi connectivity index (χ0n) is 18.2. The number of nitrogens with zero attached hydrogens (tertiary/aromatic N) is 3. The van der Waals surface area contributed by atoms with Gasteiger partial charge in [0.2, 0.25) is 0 Å². The fourth-order valence-corrected chi connectivity index (χ4v) is 5.19. The lowest BCUT2D eigenvalue weighted by Crippen LogP contribution is -2.41. The molecule has 0 radical (unpaired) electrons. The van der Waals surface area contributed by atoms with Crippen molar-refractivity contribution in [1.82, 2.24) is 14.7 Å². The molecule has 0 saturated carbocycles. The van der Waals surface area contributed by atoms with Gasteiger partial charge in [-0.05, 0) is 49.4 Å². The molecule has 3 aromatic rings. The number of para-hydroxylation sites is 1. The normalized spacial score (nSPS) is 20.7. The molecule has 164 valence electrons. The van der Waals surface area contributed by atoms with Crippen molar-refractivity contribution in [2.24, 2.45) is 11.8 Å². The summed E-state index contributed by atoms with van der Waals surface area (Å²) in [7, 11) is 0. The summed E-state index contributed by atoms with van der Waals surface area (Å²) in [6.45, 7) is 9.18. The van der Waals surface area contributed by atoms with Gasteiger partial charge in [0.15, 0.2) is 0 Å². The molecule has 2 heterocycles. The molecule has 1 N–H and O–H groups in total. The molecule has 1 saturated heterocycles. The summed E-state index contributed by atoms with van der Waals surface area (Å²) >= 11 is 12.6. The first-order valence-corrected chi connectivity index (χ1v) is 11.6. The van der Waals surface area contributed by atoms with E-state index in [0.717, 1.165) is 35.6 Å². The number of aromatic nitrogens is 2. The molecule has 0 aliphatic carbocycles. The second-order valence-corrected chi connectivity index (χ2v) is 9.75. The summed E-state index contributed by atoms with van der Waals surface area (Å²) in [5.41, 5.74) is 4.33. The molecule has 1 aromatic heterocycles. The van der Waals surface area contributed by atoms with Gasteiger partial charge >= 0.3 is 0 Å². The van der Waals surface area contributed by atoms with Crippen molar-refractivity contribution in [3.63, 3.8) is 0 Å². The van der Waals surface area contributed by atoms with Crippen molar-refractivity contribution < 1.29 is 5.11 Å². The predicted molar refractivity (Wildman–Crippen MR) is 128 cm³/mol. The second kappa shape index (κ2) is 9.33. The van der Waals surface area contributed by atoms with Crippen molar-refractivity contribution in [2.45, 2.75) is 33.3 Å². The van der Waals surface area contributed by atoms with Crippen molar-refractivity contribution in [3.8, 4) is 16.9 Å². The number of aliphatic hydroxyl groups is 1. The van der Waals surface area contributed by atoms with Crippen LogP contribution in [0.4, 0.5) is 0 Å². The third kappa shape index (κ3) is 4.83. The van der Waals surface area contributed by atoms with Crippen LogP contribution in [0.1, 0.15) is 37.6 Å². The Morgan fingerprint density at radius 1 is 1.03 bits per heavy atom. The van der Waals surface area contributed by atoms with E-state index in [1.54, 1.807) is 0 Å². The molecule has 3 unspecified atom stereocenters. The zero-order chi connectivity index (χ0) is 22.1. The van der Waals surface area contributed by atoms with Crippen LogP contribution in [-0.2, 0) is 0 Å². The number of likely N-dealkylation sites (tertiary alicyclic amines) is 1. The lowest BCUT2D eigenvalue weighted by molar-refractivity contribution is 0.0674. The van der Waals surface area contributed by atoms with Gasteiger partial charge in [-0.1, -0.05) is 61.3 Å². The average molecular weight is 458 g/mol. The molecule has 2 aromatic carbocycles. The number of benzene rings is 2. The Hall–Kier alpha value is -1.85. The maximum absolute atomic E-state index is 11.2. The van der Waals surface area contributed by atoms with E-state index in [0.29, 0.717) is 34.1 Å². The molecule has 1 fully saturated rings. The zero-order valence-corrected chi connectivity index (χ0v) is 19.7. The number of hydrogen-bond acceptors (Lipinski definition) is 3. The molecule has 1 aliphatic heterocycles. The minimum absolute atomic E-state index is 0.578. The Morgan fingerprint density at radius 3 is 2.32 bits per heavy atom. The number of β-amino-alcohol motifs (C(OH)–C–C–N with tert-alkyl or cyclic N) is 1. The SMILES string of the molecule is Cc1c(C(O)CN2CC(C)CC(C)C2)nn(-c2ccccc2Cl)c1-c1ccc(Cl)cc1. The van der Waals surface area contributed by atoms with Gasteiger partial charge < -0.3 is 5.11 Å². The molecule has 0 bridgehead atoms. The Labute approximate surface area is 194 Å². The van der Waals surface area contributed by atoms with Gasteiger partial charge in [-0.15, -0.1) is 0 Å². The van der Waals surface area contributed by atoms with E-state index in [1.165, 1.54) is 6.42 Å². The highest BCUT2D eigenvalue weighted by molar-refractivity contribution is 6.32. The quantitative estimate of drug-likeness (QED) is 0.498. The summed E-state index contributed by atoms with van der Waals surface area (Å²) in [5, 5.41) is 17.4. The molecule has 1 aliphatic rings. The van der Waals surface area contributed by atoms with E-state index in [4.69, 9.17) is 28.3 Å². The van der Waals surface area contributed by atoms with E-state index >= 15 is 0 Å². The van der Waals surface area contributed by atoms with Crippen LogP contribution in [0.3, 0.4) is 0 Å². The van der Waals surface area contributed by atoms with Crippen LogP contribution in [0, 0.1) is 18.8 Å². The van der Waals surface area contributed by atoms with Crippen LogP contribution in [0.15, 0.2) is 48.5 Å². The Balaban J connectivity index is 1.74. The highest BCUT2D eigenvalue weighted by Crippen LogP contribution is 2.34. The fourth-order valence-electron chi connectivity index (χ4n) is 4.85. The number of rotatable bonds is 5. The van der Waals surface area contributed by atoms with Crippen LogP contribution in [-0.4, -0.2) is 39.4 Å². The summed E-state index contributed by atoms with van der Waals surface area (Å²) in [4.78, 5) is 2.36. The molecule has 0 spiro atoms. The van der Waals surface area contributed by atoms with Crippen molar-refractivity contribution in [1.29, 1.82) is 0 Å². The summed E-state index contributed by atoms with van der Waals surface area (Å²) in [5.74, 6) is 1.28. The molecular formula is C25H29Cl2N3O. The monoisotopic (exact) mass is 457 g/mol. The molecule has 31 heavy (non-hydrogen) atoms. The predicted octanol–water partition coefficient (Wildman–Crippen LogP) is 6.17. The van der Waals surface area contributed by atoms with Gasteiger partial charge in [0.05, 0.1) is 22.1 Å². The molecule has 4 nitrogen and oxygen atoms in total. The minimum atomic E-state index is -0.674. The first-order chi connectivity index (χ1) is 14.8. The van der Waals surface area contributed by atoms with Crippen LogP contribution >= 0.6 is 23.2 Å². The topological polar surface area (TPSA) is 41.3 Å². The van der Waals surface area contributed by atoms with Crippen molar-refractivity contribution in [3.05, 3.63) is 69.8 Å². The van der Waals surface area contributed by atoms with E-state index in [1.807, 2.05) is 60.1 Å². The summed E-state index contributed by atoms with van der Waals surface area (Å²) in [6.07, 6.45) is 0.570. The number of aliphatic hydroxyl groups excluding tert-OH is 1. The molecule has 6 heteroatoms. The molecule has 0 amide bonds. The molecular weight excluding hydrogens is 429 g/mol. The average Bonchev–Trinajstić information content (AvgIpc) is 3.05. The third-order valence-electron chi connectivity index (χ3n) is 6.05. The van der Waals surface area contributed by atoms with Gasteiger partial charge in [0.25, 0.3) is 0 Å². The standard InChI is InChI=1S/C25H29Cl2N3O/c1-16-12-17(2)14-29(13-16)15-23(31)24-18(3)25(19-8-10-20(26)11-9-19)30(28-24)22-7-5-4-6-21(22)27/h4-11,16-17,23,31H,12-15H2,1-3H3. The van der Waals surface area contributed by atoms with Crippen LogP contribution in [0.5, 0.6) is 0 Å². The van der Waals surface area contributed by atoms with Crippen LogP contribution in [0.2, 0.25) is 10.0 Å². The Kier molecular flexibility index (Phi) is 6.73. The third-order valence-corrected chi connectivity index (χ3v) is 6.62. The molecule has 3 atom stereocenters. The van der Waals surface area contributed by atoms with Crippen LogP contribution in [0.25, 0.3) is 16.9 Å². The number of piperidine rings is 1. The molecule has 4 rings (SSSR count). The maximum Gasteiger partial charge on any atom is 0.111 e. The smallest absolute Gasteiger partial charge is 0.111 e. The van der Waals surface area contributed by atoms with Gasteiger partial charge in [-0.2, -0.15) is 5.10 Å². The van der Waals surface area contributed by atoms with E-state index < -0.39 is 6.10 Å². The van der Waals surface area contributed by atoms with E-state index in [2.05, 4.69) is 18.7 Å². The maximum atomic E-state index is 11.2. The number of halogens is 2. The Morgan fingerprint density at radius 2 is 1.68 bits per heavy atom. The van der Waals surface area contributed by atoms with Crippen LogP contribution < -0.4 is 0 Å². The van der Waals surface area contributed by atoms with E-state index in [9.17, 15) is 5.11 Å². The van der Waals surface area contributed by atoms with Gasteiger partial charge in [0.1, 0.15) is 6.10 Å².